The highest BCUT2D eigenvalue weighted by Gasteiger charge is 2.34. The monoisotopic (exact) mass is 416 g/mol. The summed E-state index contributed by atoms with van der Waals surface area (Å²) in [5.74, 6) is 0.468. The van der Waals surface area contributed by atoms with Gasteiger partial charge >= 0.3 is 0 Å². The van der Waals surface area contributed by atoms with Crippen molar-refractivity contribution in [2.45, 2.75) is 32.2 Å². The number of nitrogens with zero attached hydrogens (tertiary/aromatic N) is 2. The molecule has 1 fully saturated rings. The third kappa shape index (κ3) is 3.92. The van der Waals surface area contributed by atoms with E-state index in [2.05, 4.69) is 35.3 Å². The Balaban J connectivity index is 1.31. The van der Waals surface area contributed by atoms with Crippen LogP contribution in [0, 0.1) is 6.92 Å². The molecule has 5 rings (SSSR count). The Hall–Kier alpha value is -3.22. The highest BCUT2D eigenvalue weighted by molar-refractivity contribution is 6.01. The van der Waals surface area contributed by atoms with Crippen molar-refractivity contribution in [3.8, 4) is 16.9 Å². The van der Waals surface area contributed by atoms with Gasteiger partial charge in [-0.3, -0.25) is 9.78 Å². The largest absolute Gasteiger partial charge is 0.484 e. The number of aliphatic hydroxyl groups is 1. The van der Waals surface area contributed by atoms with Crippen LogP contribution in [0.5, 0.6) is 5.75 Å². The van der Waals surface area contributed by atoms with Gasteiger partial charge in [-0.15, -0.1) is 0 Å². The van der Waals surface area contributed by atoms with Crippen molar-refractivity contribution in [1.82, 2.24) is 9.88 Å². The molecule has 2 atom stereocenters. The second-order valence-electron chi connectivity index (χ2n) is 8.10. The number of ether oxygens (including phenoxy) is 2. The molecule has 2 aliphatic rings. The predicted octanol–water partition coefficient (Wildman–Crippen LogP) is 3.35. The number of pyridine rings is 1. The van der Waals surface area contributed by atoms with Crippen LogP contribution in [0.25, 0.3) is 11.1 Å². The smallest absolute Gasteiger partial charge is 0.258 e. The maximum Gasteiger partial charge on any atom is 0.258 e. The lowest BCUT2D eigenvalue weighted by Gasteiger charge is -2.18. The third-order valence-corrected chi connectivity index (χ3v) is 5.81. The summed E-state index contributed by atoms with van der Waals surface area (Å²) in [7, 11) is 0. The molecule has 2 unspecified atom stereocenters. The van der Waals surface area contributed by atoms with Crippen molar-refractivity contribution in [2.75, 3.05) is 13.2 Å². The number of hydrogen-bond donors (Lipinski definition) is 1. The van der Waals surface area contributed by atoms with Crippen LogP contribution < -0.4 is 4.74 Å². The number of carbonyl (C=O) groups is 1. The van der Waals surface area contributed by atoms with Crippen LogP contribution in [0.1, 0.15) is 27.2 Å². The molecule has 1 amide bonds. The summed E-state index contributed by atoms with van der Waals surface area (Å²) in [5, 5.41) is 9.98. The highest BCUT2D eigenvalue weighted by atomic mass is 16.6. The van der Waals surface area contributed by atoms with Crippen LogP contribution >= 0.6 is 0 Å². The minimum absolute atomic E-state index is 0.0483. The predicted molar refractivity (Wildman–Crippen MR) is 116 cm³/mol. The molecule has 6 heteroatoms. The SMILES string of the molecule is Cc1cc(-c2ccc(CN3Cc4cccc(OC5COCC5O)c4C3=O)cc2)ccn1. The van der Waals surface area contributed by atoms with E-state index in [1.54, 1.807) is 6.07 Å². The van der Waals surface area contributed by atoms with Gasteiger partial charge in [-0.25, -0.2) is 0 Å². The van der Waals surface area contributed by atoms with Crippen molar-refractivity contribution in [2.24, 2.45) is 0 Å². The maximum absolute atomic E-state index is 13.1. The van der Waals surface area contributed by atoms with Gasteiger partial charge < -0.3 is 19.5 Å². The highest BCUT2D eigenvalue weighted by Crippen LogP contribution is 2.33. The Bertz CT molecular complexity index is 1110. The van der Waals surface area contributed by atoms with Gasteiger partial charge in [-0.1, -0.05) is 36.4 Å². The summed E-state index contributed by atoms with van der Waals surface area (Å²) in [6.07, 6.45) is 0.693. The number of benzene rings is 2. The van der Waals surface area contributed by atoms with E-state index in [1.165, 1.54) is 0 Å². The molecule has 1 saturated heterocycles. The number of hydrogen-bond acceptors (Lipinski definition) is 5. The molecule has 3 heterocycles. The normalized spacial score (nSPS) is 20.2. The Morgan fingerprint density at radius 3 is 2.71 bits per heavy atom. The molecule has 158 valence electrons. The number of amides is 1. The minimum atomic E-state index is -0.675. The van der Waals surface area contributed by atoms with E-state index in [-0.39, 0.29) is 12.5 Å². The molecule has 1 aromatic heterocycles. The Labute approximate surface area is 181 Å². The van der Waals surface area contributed by atoms with Crippen molar-refractivity contribution in [1.29, 1.82) is 0 Å². The van der Waals surface area contributed by atoms with E-state index < -0.39 is 12.2 Å². The van der Waals surface area contributed by atoms with Gasteiger partial charge in [-0.2, -0.15) is 0 Å². The fourth-order valence-corrected chi connectivity index (χ4v) is 4.16. The van der Waals surface area contributed by atoms with E-state index in [0.717, 1.165) is 27.9 Å². The average molecular weight is 416 g/mol. The lowest BCUT2D eigenvalue weighted by molar-refractivity contribution is 0.0685. The first kappa shape index (κ1) is 19.7. The van der Waals surface area contributed by atoms with E-state index in [9.17, 15) is 9.90 Å². The number of aryl methyl sites for hydroxylation is 1. The first-order valence-electron chi connectivity index (χ1n) is 10.4. The molecule has 0 bridgehead atoms. The molecular weight excluding hydrogens is 392 g/mol. The van der Waals surface area contributed by atoms with E-state index >= 15 is 0 Å². The summed E-state index contributed by atoms with van der Waals surface area (Å²) in [6.45, 7) is 3.63. The van der Waals surface area contributed by atoms with E-state index in [0.29, 0.717) is 31.0 Å². The van der Waals surface area contributed by atoms with Gasteiger partial charge in [0.15, 0.2) is 0 Å². The summed E-state index contributed by atoms with van der Waals surface area (Å²) < 4.78 is 11.2. The van der Waals surface area contributed by atoms with Crippen LogP contribution in [0.4, 0.5) is 0 Å². The molecular formula is C25H24N2O4. The zero-order valence-electron chi connectivity index (χ0n) is 17.3. The first-order valence-corrected chi connectivity index (χ1v) is 10.4. The lowest BCUT2D eigenvalue weighted by Crippen LogP contribution is -2.30. The molecule has 31 heavy (non-hydrogen) atoms. The summed E-state index contributed by atoms with van der Waals surface area (Å²) in [6, 6.07) is 18.0. The molecule has 1 N–H and O–H groups in total. The molecule has 2 aliphatic heterocycles. The van der Waals surface area contributed by atoms with Crippen LogP contribution in [0.3, 0.4) is 0 Å². The van der Waals surface area contributed by atoms with Gasteiger partial charge in [0.1, 0.15) is 18.0 Å². The maximum atomic E-state index is 13.1. The van der Waals surface area contributed by atoms with Crippen LogP contribution in [0.15, 0.2) is 60.8 Å². The molecule has 6 nitrogen and oxygen atoms in total. The second-order valence-corrected chi connectivity index (χ2v) is 8.10. The van der Waals surface area contributed by atoms with Gasteiger partial charge in [0.2, 0.25) is 0 Å². The van der Waals surface area contributed by atoms with Gasteiger partial charge in [0, 0.05) is 25.0 Å². The van der Waals surface area contributed by atoms with Crippen molar-refractivity contribution >= 4 is 5.91 Å². The van der Waals surface area contributed by atoms with Gasteiger partial charge in [0.25, 0.3) is 5.91 Å². The third-order valence-electron chi connectivity index (χ3n) is 5.81. The number of aliphatic hydroxyl groups excluding tert-OH is 1. The quantitative estimate of drug-likeness (QED) is 0.691. The Kier molecular flexibility index (Phi) is 5.18. The molecule has 3 aromatic rings. The zero-order chi connectivity index (χ0) is 21.4. The molecule has 0 spiro atoms. The second kappa shape index (κ2) is 8.13. The van der Waals surface area contributed by atoms with Crippen LogP contribution in [-0.4, -0.2) is 46.3 Å². The average Bonchev–Trinajstić information content (AvgIpc) is 3.32. The van der Waals surface area contributed by atoms with Crippen molar-refractivity contribution < 1.29 is 19.4 Å². The molecule has 0 radical (unpaired) electrons. The minimum Gasteiger partial charge on any atom is -0.484 e. The number of carbonyl (C=O) groups excluding carboxylic acids is 1. The standard InChI is InChI=1S/C25H24N2O4/c1-16-11-19(9-10-26-16)18-7-5-17(6-8-18)12-27-13-20-3-2-4-22(24(20)25(27)29)31-23-15-30-14-21(23)28/h2-11,21,23,28H,12-15H2,1H3. The zero-order valence-corrected chi connectivity index (χ0v) is 17.3. The van der Waals surface area contributed by atoms with E-state index in [4.69, 9.17) is 9.47 Å². The summed E-state index contributed by atoms with van der Waals surface area (Å²) >= 11 is 0. The van der Waals surface area contributed by atoms with Crippen LogP contribution in [0.2, 0.25) is 0 Å². The summed E-state index contributed by atoms with van der Waals surface area (Å²) in [4.78, 5) is 19.2. The summed E-state index contributed by atoms with van der Waals surface area (Å²) in [5.41, 5.74) is 5.83. The first-order chi connectivity index (χ1) is 15.1. The van der Waals surface area contributed by atoms with Crippen molar-refractivity contribution in [3.63, 3.8) is 0 Å². The fraction of sp³-hybridized carbons (Fsp3) is 0.280. The van der Waals surface area contributed by atoms with Crippen molar-refractivity contribution in [3.05, 3.63) is 83.2 Å². The lowest BCUT2D eigenvalue weighted by atomic mass is 10.0. The van der Waals surface area contributed by atoms with Crippen LogP contribution in [-0.2, 0) is 17.8 Å². The van der Waals surface area contributed by atoms with Gasteiger partial charge in [-0.05, 0) is 47.4 Å². The number of rotatable bonds is 5. The van der Waals surface area contributed by atoms with Gasteiger partial charge in [0.05, 0.1) is 18.8 Å². The molecule has 2 aromatic carbocycles. The fourth-order valence-electron chi connectivity index (χ4n) is 4.16. The topological polar surface area (TPSA) is 71.9 Å². The number of fused-ring (bicyclic) bond motifs is 1. The number of aromatic nitrogens is 1. The Morgan fingerprint density at radius 2 is 1.97 bits per heavy atom. The molecule has 0 aliphatic carbocycles. The van der Waals surface area contributed by atoms with E-state index in [1.807, 2.05) is 36.2 Å². The Morgan fingerprint density at radius 1 is 1.13 bits per heavy atom. The molecule has 0 saturated carbocycles.